The van der Waals surface area contributed by atoms with Crippen molar-refractivity contribution >= 4 is 27.5 Å². The van der Waals surface area contributed by atoms with Crippen LogP contribution >= 0.6 is 11.3 Å². The molecule has 0 saturated heterocycles. The minimum absolute atomic E-state index is 0.153. The lowest BCUT2D eigenvalue weighted by molar-refractivity contribution is 0.0915. The second-order valence-electron chi connectivity index (χ2n) is 5.33. The number of hydrogen-bond acceptors (Lipinski definition) is 3. The summed E-state index contributed by atoms with van der Waals surface area (Å²) < 4.78 is 3.12. The van der Waals surface area contributed by atoms with Crippen molar-refractivity contribution in [3.8, 4) is 0 Å². The summed E-state index contributed by atoms with van der Waals surface area (Å²) in [7, 11) is 0. The molecule has 0 aliphatic heterocycles. The predicted molar refractivity (Wildman–Crippen MR) is 89.4 cm³/mol. The van der Waals surface area contributed by atoms with Crippen molar-refractivity contribution in [1.29, 1.82) is 0 Å². The molecule has 0 saturated carbocycles. The van der Waals surface area contributed by atoms with Gasteiger partial charge in [-0.1, -0.05) is 30.3 Å². The van der Waals surface area contributed by atoms with Crippen molar-refractivity contribution in [2.75, 3.05) is 6.54 Å². The predicted octanol–water partition coefficient (Wildman–Crippen LogP) is 2.86. The number of nitrogens with zero attached hydrogens (tertiary/aromatic N) is 1. The molecule has 114 valence electrons. The van der Waals surface area contributed by atoms with Crippen molar-refractivity contribution in [3.05, 3.63) is 59.1 Å². The monoisotopic (exact) mass is 314 g/mol. The Hall–Kier alpha value is -2.11. The van der Waals surface area contributed by atoms with E-state index >= 15 is 0 Å². The summed E-state index contributed by atoms with van der Waals surface area (Å²) in [6.07, 6.45) is -0.553. The van der Waals surface area contributed by atoms with Gasteiger partial charge in [-0.2, -0.15) is 0 Å². The lowest BCUT2D eigenvalue weighted by Crippen LogP contribution is -2.32. The highest BCUT2D eigenvalue weighted by molar-refractivity contribution is 7.17. The molecule has 3 aromatic rings. The Balaban J connectivity index is 1.94. The Bertz CT molecular complexity index is 774. The Labute approximate surface area is 133 Å². The average Bonchev–Trinajstić information content (AvgIpc) is 3.08. The number of hydrogen-bond donors (Lipinski definition) is 2. The highest BCUT2D eigenvalue weighted by Crippen LogP contribution is 2.26. The van der Waals surface area contributed by atoms with Crippen LogP contribution in [0.5, 0.6) is 0 Å². The van der Waals surface area contributed by atoms with Gasteiger partial charge in [-0.25, -0.2) is 0 Å². The maximum atomic E-state index is 12.4. The van der Waals surface area contributed by atoms with E-state index in [1.54, 1.807) is 18.3 Å². The summed E-state index contributed by atoms with van der Waals surface area (Å²) in [5.41, 5.74) is 2.85. The molecule has 1 unspecified atom stereocenters. The normalized spacial score (nSPS) is 12.5. The zero-order valence-corrected chi connectivity index (χ0v) is 13.1. The van der Waals surface area contributed by atoms with Gasteiger partial charge in [0.25, 0.3) is 5.91 Å². The van der Waals surface area contributed by atoms with E-state index in [9.17, 15) is 9.90 Å². The third-order valence-electron chi connectivity index (χ3n) is 3.50. The van der Waals surface area contributed by atoms with Crippen LogP contribution in [0.15, 0.2) is 47.8 Å². The number of thiophene rings is 1. The van der Waals surface area contributed by atoms with E-state index in [2.05, 4.69) is 17.4 Å². The van der Waals surface area contributed by atoms with Gasteiger partial charge in [0, 0.05) is 13.1 Å². The number of benzene rings is 1. The fourth-order valence-corrected chi connectivity index (χ4v) is 3.25. The minimum Gasteiger partial charge on any atom is -0.392 e. The van der Waals surface area contributed by atoms with Crippen LogP contribution in [0.1, 0.15) is 23.0 Å². The number of aromatic nitrogens is 1. The van der Waals surface area contributed by atoms with Gasteiger partial charge in [0.15, 0.2) is 0 Å². The van der Waals surface area contributed by atoms with Crippen molar-refractivity contribution < 1.29 is 9.90 Å². The van der Waals surface area contributed by atoms with E-state index in [0.717, 1.165) is 15.8 Å². The van der Waals surface area contributed by atoms with Gasteiger partial charge in [0.2, 0.25) is 0 Å². The molecule has 4 nitrogen and oxygen atoms in total. The summed E-state index contributed by atoms with van der Waals surface area (Å²) in [6, 6.07) is 14.0. The van der Waals surface area contributed by atoms with Gasteiger partial charge in [-0.05, 0) is 30.0 Å². The molecule has 0 fully saturated rings. The third kappa shape index (κ3) is 3.05. The molecule has 0 spiro atoms. The summed E-state index contributed by atoms with van der Waals surface area (Å²) in [5.74, 6) is -0.153. The van der Waals surface area contributed by atoms with Crippen LogP contribution in [0.4, 0.5) is 0 Å². The quantitative estimate of drug-likeness (QED) is 0.761. The third-order valence-corrected chi connectivity index (χ3v) is 4.35. The summed E-state index contributed by atoms with van der Waals surface area (Å²) in [5, 5.41) is 14.1. The van der Waals surface area contributed by atoms with Gasteiger partial charge in [0.1, 0.15) is 5.69 Å². The van der Waals surface area contributed by atoms with E-state index in [1.165, 1.54) is 0 Å². The van der Waals surface area contributed by atoms with E-state index < -0.39 is 6.10 Å². The Morgan fingerprint density at radius 3 is 2.82 bits per heavy atom. The number of aliphatic hydroxyl groups is 1. The highest BCUT2D eigenvalue weighted by Gasteiger charge is 2.16. The van der Waals surface area contributed by atoms with Crippen LogP contribution in [0.2, 0.25) is 0 Å². The van der Waals surface area contributed by atoms with Gasteiger partial charge < -0.3 is 15.0 Å². The number of rotatable bonds is 5. The lowest BCUT2D eigenvalue weighted by Gasteiger charge is -2.11. The molecular formula is C17H18N2O2S. The van der Waals surface area contributed by atoms with Crippen molar-refractivity contribution in [1.82, 2.24) is 9.88 Å². The average molecular weight is 314 g/mol. The van der Waals surface area contributed by atoms with Crippen LogP contribution in [-0.4, -0.2) is 28.2 Å². The molecule has 22 heavy (non-hydrogen) atoms. The number of nitrogens with one attached hydrogen (secondary N) is 1. The topological polar surface area (TPSA) is 54.3 Å². The molecular weight excluding hydrogens is 296 g/mol. The van der Waals surface area contributed by atoms with Crippen LogP contribution in [0, 0.1) is 0 Å². The van der Waals surface area contributed by atoms with E-state index in [0.29, 0.717) is 12.2 Å². The molecule has 3 rings (SSSR count). The molecule has 1 amide bonds. The molecule has 2 aromatic heterocycles. The first kappa shape index (κ1) is 14.8. The molecule has 0 aliphatic carbocycles. The van der Waals surface area contributed by atoms with E-state index in [4.69, 9.17) is 0 Å². The maximum absolute atomic E-state index is 12.4. The zero-order valence-electron chi connectivity index (χ0n) is 12.3. The van der Waals surface area contributed by atoms with E-state index in [-0.39, 0.29) is 12.5 Å². The first-order valence-corrected chi connectivity index (χ1v) is 8.10. The Kier molecular flexibility index (Phi) is 4.27. The van der Waals surface area contributed by atoms with Crippen LogP contribution < -0.4 is 5.32 Å². The van der Waals surface area contributed by atoms with Crippen LogP contribution in [0.25, 0.3) is 10.2 Å². The van der Waals surface area contributed by atoms with Crippen molar-refractivity contribution in [2.45, 2.75) is 19.6 Å². The molecule has 0 bridgehead atoms. The molecule has 0 aliphatic rings. The van der Waals surface area contributed by atoms with Crippen LogP contribution in [-0.2, 0) is 6.54 Å². The lowest BCUT2D eigenvalue weighted by atomic mass is 10.2. The van der Waals surface area contributed by atoms with Crippen molar-refractivity contribution in [3.63, 3.8) is 0 Å². The van der Waals surface area contributed by atoms with Crippen LogP contribution in [0.3, 0.4) is 0 Å². The molecule has 1 atom stereocenters. The number of aliphatic hydroxyl groups excluding tert-OH is 1. The maximum Gasteiger partial charge on any atom is 0.268 e. The molecule has 1 aromatic carbocycles. The summed E-state index contributed by atoms with van der Waals surface area (Å²) in [4.78, 5) is 12.4. The number of carbonyl (C=O) groups excluding carboxylic acids is 1. The molecule has 0 radical (unpaired) electrons. The van der Waals surface area contributed by atoms with E-state index in [1.807, 2.05) is 40.3 Å². The standard InChI is InChI=1S/C17H18N2O2S/c1-12(20)10-18-17(21)15-9-16-14(7-8-22-16)19(15)11-13-5-3-2-4-6-13/h2-9,12,20H,10-11H2,1H3,(H,18,21). The van der Waals surface area contributed by atoms with Gasteiger partial charge in [-0.3, -0.25) is 4.79 Å². The van der Waals surface area contributed by atoms with Crippen molar-refractivity contribution in [2.24, 2.45) is 0 Å². The summed E-state index contributed by atoms with van der Waals surface area (Å²) >= 11 is 1.62. The fraction of sp³-hybridized carbons (Fsp3) is 0.235. The van der Waals surface area contributed by atoms with Gasteiger partial charge in [0.05, 0.1) is 16.3 Å². The molecule has 2 heterocycles. The molecule has 5 heteroatoms. The second-order valence-corrected chi connectivity index (χ2v) is 6.28. The van der Waals surface area contributed by atoms with Gasteiger partial charge >= 0.3 is 0 Å². The first-order valence-electron chi connectivity index (χ1n) is 7.22. The number of carbonyl (C=O) groups is 1. The highest BCUT2D eigenvalue weighted by atomic mass is 32.1. The Morgan fingerprint density at radius 1 is 1.32 bits per heavy atom. The van der Waals surface area contributed by atoms with Gasteiger partial charge in [-0.15, -0.1) is 11.3 Å². The largest absolute Gasteiger partial charge is 0.392 e. The smallest absolute Gasteiger partial charge is 0.268 e. The SMILES string of the molecule is CC(O)CNC(=O)c1cc2sccc2n1Cc1ccccc1. The minimum atomic E-state index is -0.553. The number of fused-ring (bicyclic) bond motifs is 1. The summed E-state index contributed by atoms with van der Waals surface area (Å²) in [6.45, 7) is 2.56. The Morgan fingerprint density at radius 2 is 2.09 bits per heavy atom. The molecule has 2 N–H and O–H groups in total. The number of amides is 1. The second kappa shape index (κ2) is 6.34. The first-order chi connectivity index (χ1) is 10.6. The fourth-order valence-electron chi connectivity index (χ4n) is 2.43. The zero-order chi connectivity index (χ0) is 15.5.